The predicted molar refractivity (Wildman–Crippen MR) is 130 cm³/mol. The van der Waals surface area contributed by atoms with E-state index in [1.54, 1.807) is 25.1 Å². The van der Waals surface area contributed by atoms with Crippen molar-refractivity contribution in [2.75, 3.05) is 4.90 Å². The summed E-state index contributed by atoms with van der Waals surface area (Å²) in [5.74, 6) is -0.933. The zero-order valence-electron chi connectivity index (χ0n) is 18.1. The number of anilines is 1. The Kier molecular flexibility index (Phi) is 6.42. The highest BCUT2D eigenvalue weighted by atomic mass is 79.9. The van der Waals surface area contributed by atoms with Crippen LogP contribution in [-0.4, -0.2) is 17.8 Å². The summed E-state index contributed by atoms with van der Waals surface area (Å²) in [5, 5.41) is 2.27. The van der Waals surface area contributed by atoms with Crippen molar-refractivity contribution >= 4 is 45.5 Å². The average Bonchev–Trinajstić information content (AvgIpc) is 2.79. The highest BCUT2D eigenvalue weighted by molar-refractivity contribution is 9.10. The molecule has 0 aliphatic carbocycles. The molecule has 1 heterocycles. The van der Waals surface area contributed by atoms with Gasteiger partial charge in [-0.25, -0.2) is 9.69 Å². The van der Waals surface area contributed by atoms with E-state index in [0.29, 0.717) is 23.6 Å². The molecule has 3 aromatic rings. The van der Waals surface area contributed by atoms with E-state index in [0.717, 1.165) is 26.1 Å². The molecule has 4 amide bonds. The van der Waals surface area contributed by atoms with Gasteiger partial charge >= 0.3 is 6.03 Å². The molecule has 0 saturated carbocycles. The lowest BCUT2D eigenvalue weighted by atomic mass is 10.0. The van der Waals surface area contributed by atoms with Crippen LogP contribution < -0.4 is 15.0 Å². The summed E-state index contributed by atoms with van der Waals surface area (Å²) in [4.78, 5) is 39.5. The van der Waals surface area contributed by atoms with Gasteiger partial charge in [0.25, 0.3) is 11.8 Å². The molecule has 0 aromatic heterocycles. The zero-order valence-corrected chi connectivity index (χ0v) is 19.7. The van der Waals surface area contributed by atoms with Gasteiger partial charge in [-0.05, 0) is 60.9 Å². The van der Waals surface area contributed by atoms with Crippen molar-refractivity contribution in [3.8, 4) is 5.75 Å². The van der Waals surface area contributed by atoms with Crippen molar-refractivity contribution in [2.24, 2.45) is 0 Å². The van der Waals surface area contributed by atoms with Gasteiger partial charge in [-0.2, -0.15) is 0 Å². The number of aryl methyl sites for hydroxylation is 2. The van der Waals surface area contributed by atoms with Crippen molar-refractivity contribution in [3.05, 3.63) is 99.0 Å². The number of carbonyl (C=O) groups excluding carboxylic acids is 3. The Labute approximate surface area is 200 Å². The van der Waals surface area contributed by atoms with Crippen LogP contribution in [0.25, 0.3) is 6.08 Å². The summed E-state index contributed by atoms with van der Waals surface area (Å²) in [6.07, 6.45) is 1.45. The number of urea groups is 1. The number of hydrogen-bond donors (Lipinski definition) is 1. The second-order valence-electron chi connectivity index (χ2n) is 7.70. The third-order valence-electron chi connectivity index (χ3n) is 5.22. The Morgan fingerprint density at radius 2 is 1.73 bits per heavy atom. The molecule has 4 rings (SSSR count). The lowest BCUT2D eigenvalue weighted by Crippen LogP contribution is -2.54. The van der Waals surface area contributed by atoms with Gasteiger partial charge in [0, 0.05) is 10.0 Å². The van der Waals surface area contributed by atoms with Crippen LogP contribution in [0, 0.1) is 13.8 Å². The van der Waals surface area contributed by atoms with E-state index >= 15 is 0 Å². The van der Waals surface area contributed by atoms with E-state index in [1.807, 2.05) is 55.5 Å². The number of hydrogen-bond acceptors (Lipinski definition) is 4. The lowest BCUT2D eigenvalue weighted by Gasteiger charge is -2.28. The molecule has 3 aromatic carbocycles. The fraction of sp³-hybridized carbons (Fsp3) is 0.115. The number of imide groups is 2. The van der Waals surface area contributed by atoms with E-state index in [2.05, 4.69) is 21.2 Å². The van der Waals surface area contributed by atoms with Gasteiger partial charge in [0.15, 0.2) is 0 Å². The van der Waals surface area contributed by atoms with Gasteiger partial charge in [-0.1, -0.05) is 58.4 Å². The van der Waals surface area contributed by atoms with E-state index < -0.39 is 17.8 Å². The number of ether oxygens (including phenoxy) is 1. The third kappa shape index (κ3) is 4.88. The van der Waals surface area contributed by atoms with Gasteiger partial charge in [0.05, 0.1) is 5.69 Å². The summed E-state index contributed by atoms with van der Waals surface area (Å²) in [7, 11) is 0. The molecule has 1 fully saturated rings. The van der Waals surface area contributed by atoms with Crippen LogP contribution >= 0.6 is 15.9 Å². The molecule has 0 bridgehead atoms. The number of rotatable bonds is 5. The van der Waals surface area contributed by atoms with Crippen molar-refractivity contribution in [1.29, 1.82) is 0 Å². The quantitative estimate of drug-likeness (QED) is 0.377. The number of nitrogens with zero attached hydrogens (tertiary/aromatic N) is 1. The minimum absolute atomic E-state index is 0.154. The maximum absolute atomic E-state index is 13.3. The molecule has 1 saturated heterocycles. The SMILES string of the molecule is Cc1ccc(C)c(N2C(=O)NC(=O)/C(=C\c3cc(Br)ccc3OCc3ccccc3)C2=O)c1. The molecule has 1 N–H and O–H groups in total. The molecule has 33 heavy (non-hydrogen) atoms. The van der Waals surface area contributed by atoms with Crippen LogP contribution in [0.4, 0.5) is 10.5 Å². The Balaban J connectivity index is 1.71. The zero-order chi connectivity index (χ0) is 23.5. The van der Waals surface area contributed by atoms with Crippen molar-refractivity contribution in [1.82, 2.24) is 5.32 Å². The second-order valence-corrected chi connectivity index (χ2v) is 8.62. The van der Waals surface area contributed by atoms with Crippen molar-refractivity contribution < 1.29 is 19.1 Å². The van der Waals surface area contributed by atoms with Crippen molar-refractivity contribution in [2.45, 2.75) is 20.5 Å². The molecular weight excluding hydrogens is 484 g/mol. The van der Waals surface area contributed by atoms with Crippen LogP contribution in [-0.2, 0) is 16.2 Å². The van der Waals surface area contributed by atoms with E-state index in [9.17, 15) is 14.4 Å². The topological polar surface area (TPSA) is 75.7 Å². The first-order valence-electron chi connectivity index (χ1n) is 10.3. The standard InChI is InChI=1S/C26H21BrN2O4/c1-16-8-9-17(2)22(12-16)29-25(31)21(24(30)28-26(29)32)14-19-13-20(27)10-11-23(19)33-15-18-6-4-3-5-7-18/h3-14H,15H2,1-2H3,(H,28,30,32)/b21-14+. The van der Waals surface area contributed by atoms with E-state index in [-0.39, 0.29) is 5.57 Å². The third-order valence-corrected chi connectivity index (χ3v) is 5.71. The van der Waals surface area contributed by atoms with Gasteiger partial charge < -0.3 is 4.74 Å². The maximum atomic E-state index is 13.3. The summed E-state index contributed by atoms with van der Waals surface area (Å²) >= 11 is 3.43. The largest absolute Gasteiger partial charge is 0.488 e. The molecule has 6 nitrogen and oxygen atoms in total. The van der Waals surface area contributed by atoms with Crippen molar-refractivity contribution in [3.63, 3.8) is 0 Å². The molecule has 7 heteroatoms. The summed E-state index contributed by atoms with van der Waals surface area (Å²) in [5.41, 5.74) is 3.43. The van der Waals surface area contributed by atoms with E-state index in [1.165, 1.54) is 6.08 Å². The average molecular weight is 505 g/mol. The first-order chi connectivity index (χ1) is 15.8. The lowest BCUT2D eigenvalue weighted by molar-refractivity contribution is -0.122. The van der Waals surface area contributed by atoms with Gasteiger partial charge in [0.2, 0.25) is 0 Å². The molecular formula is C26H21BrN2O4. The predicted octanol–water partition coefficient (Wildman–Crippen LogP) is 5.31. The van der Waals surface area contributed by atoms with E-state index in [4.69, 9.17) is 4.74 Å². The normalized spacial score (nSPS) is 15.1. The van der Waals surface area contributed by atoms with Gasteiger partial charge in [-0.3, -0.25) is 14.9 Å². The first kappa shape index (κ1) is 22.5. The summed E-state index contributed by atoms with van der Waals surface area (Å²) < 4.78 is 6.73. The number of carbonyl (C=O) groups is 3. The van der Waals surface area contributed by atoms with Gasteiger partial charge in [0.1, 0.15) is 17.9 Å². The molecule has 166 valence electrons. The number of amides is 4. The number of halogens is 1. The number of benzene rings is 3. The second kappa shape index (κ2) is 9.42. The Morgan fingerprint density at radius 3 is 2.48 bits per heavy atom. The first-order valence-corrected chi connectivity index (χ1v) is 11.1. The Bertz CT molecular complexity index is 1280. The maximum Gasteiger partial charge on any atom is 0.335 e. The van der Waals surface area contributed by atoms with Gasteiger partial charge in [-0.15, -0.1) is 0 Å². The molecule has 1 aliphatic rings. The highest BCUT2D eigenvalue weighted by Gasteiger charge is 2.37. The molecule has 0 radical (unpaired) electrons. The summed E-state index contributed by atoms with van der Waals surface area (Å²) in [6.45, 7) is 4.00. The smallest absolute Gasteiger partial charge is 0.335 e. The molecule has 0 spiro atoms. The van der Waals surface area contributed by atoms with Crippen LogP contribution in [0.5, 0.6) is 5.75 Å². The minimum Gasteiger partial charge on any atom is -0.488 e. The minimum atomic E-state index is -0.773. The Hall–Kier alpha value is -3.71. The van der Waals surface area contributed by atoms with Crippen LogP contribution in [0.2, 0.25) is 0 Å². The molecule has 0 atom stereocenters. The van der Waals surface area contributed by atoms with Crippen LogP contribution in [0.1, 0.15) is 22.3 Å². The number of barbiturate groups is 1. The monoisotopic (exact) mass is 504 g/mol. The highest BCUT2D eigenvalue weighted by Crippen LogP contribution is 2.30. The fourth-order valence-electron chi connectivity index (χ4n) is 3.49. The Morgan fingerprint density at radius 1 is 0.970 bits per heavy atom. The molecule has 0 unspecified atom stereocenters. The molecule has 1 aliphatic heterocycles. The fourth-order valence-corrected chi connectivity index (χ4v) is 3.87. The van der Waals surface area contributed by atoms with Crippen LogP contribution in [0.15, 0.2) is 76.8 Å². The summed E-state index contributed by atoms with van der Waals surface area (Å²) in [6, 6.07) is 19.7. The number of nitrogens with one attached hydrogen (secondary N) is 1. The van der Waals surface area contributed by atoms with Crippen LogP contribution in [0.3, 0.4) is 0 Å².